The number of aromatic carboxylic acids is 1. The fraction of sp³-hybridized carbons (Fsp3) is 0.0417. The molecule has 0 saturated carbocycles. The zero-order valence-corrected chi connectivity index (χ0v) is 15.0. The number of benzene rings is 3. The van der Waals surface area contributed by atoms with Crippen molar-refractivity contribution in [3.63, 3.8) is 0 Å². The first-order chi connectivity index (χ1) is 13.7. The van der Waals surface area contributed by atoms with E-state index in [9.17, 15) is 9.90 Å². The first kappa shape index (κ1) is 16.4. The molecule has 1 N–H and O–H groups in total. The van der Waals surface area contributed by atoms with Gasteiger partial charge in [0.15, 0.2) is 0 Å². The summed E-state index contributed by atoms with van der Waals surface area (Å²) in [6.07, 6.45) is 0. The van der Waals surface area contributed by atoms with Gasteiger partial charge in [0.1, 0.15) is 17.0 Å². The van der Waals surface area contributed by atoms with Crippen LogP contribution in [0, 0.1) is 0 Å². The van der Waals surface area contributed by atoms with Gasteiger partial charge in [-0.3, -0.25) is 0 Å². The molecule has 0 atom stereocenters. The third kappa shape index (κ3) is 2.76. The molecule has 28 heavy (non-hydrogen) atoms. The van der Waals surface area contributed by atoms with E-state index in [-0.39, 0.29) is 5.69 Å². The Kier molecular flexibility index (Phi) is 3.76. The number of carboxylic acid groups (broad SMARTS) is 1. The minimum atomic E-state index is -0.933. The Bertz CT molecular complexity index is 1280. The summed E-state index contributed by atoms with van der Waals surface area (Å²) in [5.41, 5.74) is 3.99. The van der Waals surface area contributed by atoms with Gasteiger partial charge in [-0.05, 0) is 42.0 Å². The quantitative estimate of drug-likeness (QED) is 0.437. The molecule has 0 amide bonds. The lowest BCUT2D eigenvalue weighted by atomic mass is 10.1. The molecule has 5 aromatic rings. The van der Waals surface area contributed by atoms with Gasteiger partial charge in [-0.25, -0.2) is 4.79 Å². The van der Waals surface area contributed by atoms with Crippen LogP contribution in [0.25, 0.3) is 33.2 Å². The van der Waals surface area contributed by atoms with E-state index in [1.807, 2.05) is 83.4 Å². The van der Waals surface area contributed by atoms with Crippen LogP contribution in [0.4, 0.5) is 0 Å². The average Bonchev–Trinajstić information content (AvgIpc) is 3.30. The van der Waals surface area contributed by atoms with Crippen molar-refractivity contribution in [3.05, 3.63) is 96.2 Å². The maximum absolute atomic E-state index is 11.8. The highest BCUT2D eigenvalue weighted by atomic mass is 16.4. The molecule has 0 spiro atoms. The zero-order valence-electron chi connectivity index (χ0n) is 15.0. The third-order valence-corrected chi connectivity index (χ3v) is 5.01. The molecular formula is C24H17NO3. The first-order valence-corrected chi connectivity index (χ1v) is 9.08. The Morgan fingerprint density at radius 2 is 1.64 bits per heavy atom. The zero-order chi connectivity index (χ0) is 19.1. The van der Waals surface area contributed by atoms with E-state index in [0.717, 1.165) is 38.8 Å². The van der Waals surface area contributed by atoms with Gasteiger partial charge in [-0.2, -0.15) is 0 Å². The van der Waals surface area contributed by atoms with Crippen LogP contribution in [-0.4, -0.2) is 15.6 Å². The number of fused-ring (bicyclic) bond motifs is 2. The lowest BCUT2D eigenvalue weighted by molar-refractivity contribution is 0.0686. The largest absolute Gasteiger partial charge is 0.477 e. The molecule has 2 aromatic heterocycles. The van der Waals surface area contributed by atoms with Gasteiger partial charge in [-0.1, -0.05) is 48.5 Å². The van der Waals surface area contributed by atoms with Crippen LogP contribution in [0.3, 0.4) is 0 Å². The number of furan rings is 1. The summed E-state index contributed by atoms with van der Waals surface area (Å²) < 4.78 is 7.80. The second-order valence-electron chi connectivity index (χ2n) is 6.83. The van der Waals surface area contributed by atoms with Crippen LogP contribution >= 0.6 is 0 Å². The fourth-order valence-corrected chi connectivity index (χ4v) is 3.66. The number of carboxylic acids is 1. The van der Waals surface area contributed by atoms with Crippen LogP contribution < -0.4 is 0 Å². The number of hydrogen-bond donors (Lipinski definition) is 1. The molecule has 2 heterocycles. The minimum Gasteiger partial charge on any atom is -0.477 e. The maximum Gasteiger partial charge on any atom is 0.352 e. The van der Waals surface area contributed by atoms with E-state index in [2.05, 4.69) is 0 Å². The van der Waals surface area contributed by atoms with Crippen molar-refractivity contribution in [1.82, 2.24) is 4.57 Å². The molecule has 3 aromatic carbocycles. The highest BCUT2D eigenvalue weighted by Gasteiger charge is 2.16. The van der Waals surface area contributed by atoms with Gasteiger partial charge in [0, 0.05) is 28.4 Å². The number of hydrogen-bond acceptors (Lipinski definition) is 2. The van der Waals surface area contributed by atoms with Crippen LogP contribution in [0.15, 0.2) is 89.3 Å². The summed E-state index contributed by atoms with van der Waals surface area (Å²) in [6, 6.07) is 27.4. The Morgan fingerprint density at radius 1 is 0.857 bits per heavy atom. The Balaban J connectivity index is 1.63. The van der Waals surface area contributed by atoms with Crippen LogP contribution in [0.1, 0.15) is 16.1 Å². The molecule has 0 fully saturated rings. The van der Waals surface area contributed by atoms with Crippen molar-refractivity contribution >= 4 is 27.8 Å². The molecule has 4 heteroatoms. The normalized spacial score (nSPS) is 11.3. The molecule has 0 aliphatic heterocycles. The van der Waals surface area contributed by atoms with Crippen LogP contribution in [0.5, 0.6) is 0 Å². The molecule has 0 unspecified atom stereocenters. The first-order valence-electron chi connectivity index (χ1n) is 9.08. The lowest BCUT2D eigenvalue weighted by Crippen LogP contribution is -2.09. The highest BCUT2D eigenvalue weighted by molar-refractivity contribution is 5.96. The molecule has 5 rings (SSSR count). The summed E-state index contributed by atoms with van der Waals surface area (Å²) in [4.78, 5) is 11.8. The molecule has 0 aliphatic rings. The van der Waals surface area contributed by atoms with E-state index in [1.165, 1.54) is 0 Å². The van der Waals surface area contributed by atoms with Gasteiger partial charge in [-0.15, -0.1) is 0 Å². The van der Waals surface area contributed by atoms with Crippen LogP contribution in [-0.2, 0) is 6.54 Å². The summed E-state index contributed by atoms with van der Waals surface area (Å²) in [7, 11) is 0. The van der Waals surface area contributed by atoms with E-state index < -0.39 is 5.97 Å². The van der Waals surface area contributed by atoms with Crippen molar-refractivity contribution in [2.75, 3.05) is 0 Å². The molecule has 136 valence electrons. The molecular weight excluding hydrogens is 350 g/mol. The van der Waals surface area contributed by atoms with Crippen LogP contribution in [0.2, 0.25) is 0 Å². The number of rotatable bonds is 4. The Labute approximate surface area is 161 Å². The topological polar surface area (TPSA) is 55.4 Å². The van der Waals surface area contributed by atoms with Gasteiger partial charge in [0.05, 0.1) is 0 Å². The smallest absolute Gasteiger partial charge is 0.352 e. The van der Waals surface area contributed by atoms with Crippen molar-refractivity contribution in [2.24, 2.45) is 0 Å². The molecule has 0 aliphatic carbocycles. The predicted octanol–water partition coefficient (Wildman–Crippen LogP) is 5.80. The number of nitrogens with zero attached hydrogens (tertiary/aromatic N) is 1. The van der Waals surface area contributed by atoms with E-state index in [1.54, 1.807) is 6.07 Å². The Morgan fingerprint density at radius 3 is 2.43 bits per heavy atom. The Hall–Kier alpha value is -3.79. The van der Waals surface area contributed by atoms with Gasteiger partial charge >= 0.3 is 5.97 Å². The van der Waals surface area contributed by atoms with Gasteiger partial charge in [0.25, 0.3) is 0 Å². The minimum absolute atomic E-state index is 0.278. The highest BCUT2D eigenvalue weighted by Crippen LogP contribution is 2.31. The average molecular weight is 367 g/mol. The van der Waals surface area contributed by atoms with E-state index in [4.69, 9.17) is 4.42 Å². The summed E-state index contributed by atoms with van der Waals surface area (Å²) in [5, 5.41) is 11.6. The lowest BCUT2D eigenvalue weighted by Gasteiger charge is -2.09. The number of aromatic nitrogens is 1. The van der Waals surface area contributed by atoms with Crippen molar-refractivity contribution < 1.29 is 14.3 Å². The van der Waals surface area contributed by atoms with Crippen molar-refractivity contribution in [2.45, 2.75) is 6.54 Å². The third-order valence-electron chi connectivity index (χ3n) is 5.01. The monoisotopic (exact) mass is 367 g/mol. The summed E-state index contributed by atoms with van der Waals surface area (Å²) >= 11 is 0. The summed E-state index contributed by atoms with van der Waals surface area (Å²) in [5.74, 6) is -0.159. The van der Waals surface area contributed by atoms with Gasteiger partial charge < -0.3 is 14.1 Å². The van der Waals surface area contributed by atoms with E-state index >= 15 is 0 Å². The molecule has 0 bridgehead atoms. The van der Waals surface area contributed by atoms with Gasteiger partial charge in [0.2, 0.25) is 0 Å². The summed E-state index contributed by atoms with van der Waals surface area (Å²) in [6.45, 7) is 0.510. The SMILES string of the molecule is O=C(O)c1cc2cc(-c3cc4ccccc4o3)ccc2n1Cc1ccccc1. The standard InChI is InChI=1S/C24H17NO3/c26-24(27)21-13-19-12-18(23-14-17-8-4-5-9-22(17)28-23)10-11-20(19)25(21)15-16-6-2-1-3-7-16/h1-14H,15H2,(H,26,27). The predicted molar refractivity (Wildman–Crippen MR) is 110 cm³/mol. The fourth-order valence-electron chi connectivity index (χ4n) is 3.66. The number of para-hydroxylation sites is 1. The second kappa shape index (κ2) is 6.43. The van der Waals surface area contributed by atoms with Crippen molar-refractivity contribution in [1.29, 1.82) is 0 Å². The second-order valence-corrected chi connectivity index (χ2v) is 6.83. The molecule has 4 nitrogen and oxygen atoms in total. The molecule has 0 radical (unpaired) electrons. The molecule has 0 saturated heterocycles. The van der Waals surface area contributed by atoms with Crippen molar-refractivity contribution in [3.8, 4) is 11.3 Å². The van der Waals surface area contributed by atoms with E-state index in [0.29, 0.717) is 6.54 Å². The number of carbonyl (C=O) groups is 1. The maximum atomic E-state index is 11.8.